The molecule has 31 heavy (non-hydrogen) atoms. The van der Waals surface area contributed by atoms with Crippen molar-refractivity contribution in [3.8, 4) is 11.6 Å². The minimum Gasteiger partial charge on any atom is -0.465 e. The van der Waals surface area contributed by atoms with Crippen LogP contribution in [0.25, 0.3) is 0 Å². The molecular formula is C22H16ClN3O5. The van der Waals surface area contributed by atoms with Crippen molar-refractivity contribution in [2.24, 2.45) is 0 Å². The van der Waals surface area contributed by atoms with Crippen molar-refractivity contribution in [3.05, 3.63) is 76.9 Å². The lowest BCUT2D eigenvalue weighted by atomic mass is 10.1. The number of amides is 2. The molecule has 2 amide bonds. The number of halogens is 1. The lowest BCUT2D eigenvalue weighted by molar-refractivity contribution is -0.114. The number of fused-ring (bicyclic) bond motifs is 2. The van der Waals surface area contributed by atoms with E-state index in [-0.39, 0.29) is 29.2 Å². The van der Waals surface area contributed by atoms with Crippen LogP contribution in [0, 0.1) is 0 Å². The number of rotatable bonds is 4. The van der Waals surface area contributed by atoms with Crippen LogP contribution in [-0.4, -0.2) is 36.4 Å². The normalized spacial score (nSPS) is 12.2. The predicted octanol–water partition coefficient (Wildman–Crippen LogP) is 3.91. The van der Waals surface area contributed by atoms with Crippen molar-refractivity contribution in [2.45, 2.75) is 0 Å². The van der Waals surface area contributed by atoms with Crippen LogP contribution in [0.3, 0.4) is 0 Å². The number of hydrogen-bond donors (Lipinski definition) is 1. The average molecular weight is 438 g/mol. The molecule has 1 aliphatic heterocycles. The van der Waals surface area contributed by atoms with Gasteiger partial charge in [0.05, 0.1) is 24.0 Å². The van der Waals surface area contributed by atoms with Crippen LogP contribution in [0.4, 0.5) is 11.4 Å². The molecule has 8 nitrogen and oxygen atoms in total. The van der Waals surface area contributed by atoms with E-state index in [0.29, 0.717) is 16.5 Å². The molecule has 0 unspecified atom stereocenters. The van der Waals surface area contributed by atoms with Gasteiger partial charge < -0.3 is 14.8 Å². The fourth-order valence-corrected chi connectivity index (χ4v) is 3.32. The SMILES string of the molecule is COC(=O)c1ccccc1NC(=O)CN1C(=O)c2cccnc2Oc2ccc(Cl)cc21. The number of carbonyl (C=O) groups is 3. The third-order valence-corrected chi connectivity index (χ3v) is 4.81. The van der Waals surface area contributed by atoms with E-state index in [1.165, 1.54) is 30.3 Å². The number of carbonyl (C=O) groups excluding carboxylic acids is 3. The molecule has 1 aromatic heterocycles. The Kier molecular flexibility index (Phi) is 5.55. The van der Waals surface area contributed by atoms with Crippen LogP contribution >= 0.6 is 11.6 Å². The maximum Gasteiger partial charge on any atom is 0.339 e. The second kappa shape index (κ2) is 8.45. The highest BCUT2D eigenvalue weighted by molar-refractivity contribution is 6.31. The van der Waals surface area contributed by atoms with Gasteiger partial charge in [0.2, 0.25) is 11.8 Å². The molecule has 2 aromatic carbocycles. The van der Waals surface area contributed by atoms with Gasteiger partial charge in [-0.05, 0) is 42.5 Å². The predicted molar refractivity (Wildman–Crippen MR) is 114 cm³/mol. The first-order valence-corrected chi connectivity index (χ1v) is 9.57. The van der Waals surface area contributed by atoms with Crippen LogP contribution in [0.5, 0.6) is 11.6 Å². The number of nitrogens with one attached hydrogen (secondary N) is 1. The second-order valence-electron chi connectivity index (χ2n) is 6.55. The minimum absolute atomic E-state index is 0.134. The summed E-state index contributed by atoms with van der Waals surface area (Å²) in [5.74, 6) is -1.12. The first-order chi connectivity index (χ1) is 15.0. The monoisotopic (exact) mass is 437 g/mol. The highest BCUT2D eigenvalue weighted by Crippen LogP contribution is 2.39. The summed E-state index contributed by atoms with van der Waals surface area (Å²) in [6, 6.07) is 14.4. The van der Waals surface area contributed by atoms with Crippen LogP contribution in [0.15, 0.2) is 60.8 Å². The maximum atomic E-state index is 13.2. The van der Waals surface area contributed by atoms with Gasteiger partial charge in [-0.3, -0.25) is 14.5 Å². The average Bonchev–Trinajstić information content (AvgIpc) is 2.88. The third-order valence-electron chi connectivity index (χ3n) is 4.57. The van der Waals surface area contributed by atoms with Crippen molar-refractivity contribution in [3.63, 3.8) is 0 Å². The molecule has 0 radical (unpaired) electrons. The molecule has 156 valence electrons. The van der Waals surface area contributed by atoms with Gasteiger partial charge in [-0.15, -0.1) is 0 Å². The van der Waals surface area contributed by atoms with Crippen molar-refractivity contribution in [1.82, 2.24) is 4.98 Å². The fraction of sp³-hybridized carbons (Fsp3) is 0.0909. The van der Waals surface area contributed by atoms with E-state index in [4.69, 9.17) is 21.1 Å². The summed E-state index contributed by atoms with van der Waals surface area (Å²) in [5, 5.41) is 3.03. The highest BCUT2D eigenvalue weighted by Gasteiger charge is 2.30. The van der Waals surface area contributed by atoms with Crippen LogP contribution in [0.1, 0.15) is 20.7 Å². The Morgan fingerprint density at radius 3 is 2.77 bits per heavy atom. The number of methoxy groups -OCH3 is 1. The summed E-state index contributed by atoms with van der Waals surface area (Å²) in [4.78, 5) is 43.4. The number of para-hydroxylation sites is 1. The Hall–Kier alpha value is -3.91. The summed E-state index contributed by atoms with van der Waals surface area (Å²) in [6.07, 6.45) is 1.51. The Morgan fingerprint density at radius 2 is 1.97 bits per heavy atom. The molecular weight excluding hydrogens is 422 g/mol. The smallest absolute Gasteiger partial charge is 0.339 e. The lowest BCUT2D eigenvalue weighted by Crippen LogP contribution is -2.38. The van der Waals surface area contributed by atoms with Crippen molar-refractivity contribution >= 4 is 40.8 Å². The van der Waals surface area contributed by atoms with Crippen molar-refractivity contribution in [2.75, 3.05) is 23.9 Å². The van der Waals surface area contributed by atoms with Gasteiger partial charge in [0.25, 0.3) is 5.91 Å². The number of aromatic nitrogens is 1. The van der Waals surface area contributed by atoms with Crippen LogP contribution in [-0.2, 0) is 9.53 Å². The van der Waals surface area contributed by atoms with E-state index in [9.17, 15) is 14.4 Å². The molecule has 0 fully saturated rings. The van der Waals surface area contributed by atoms with Crippen molar-refractivity contribution < 1.29 is 23.9 Å². The van der Waals surface area contributed by atoms with E-state index in [2.05, 4.69) is 10.3 Å². The number of nitrogens with zero attached hydrogens (tertiary/aromatic N) is 2. The Labute approximate surface area is 182 Å². The Bertz CT molecular complexity index is 1200. The van der Waals surface area contributed by atoms with E-state index in [0.717, 1.165) is 0 Å². The van der Waals surface area contributed by atoms with E-state index >= 15 is 0 Å². The highest BCUT2D eigenvalue weighted by atomic mass is 35.5. The molecule has 0 saturated heterocycles. The summed E-state index contributed by atoms with van der Waals surface area (Å²) in [6.45, 7) is -0.348. The van der Waals surface area contributed by atoms with E-state index in [1.807, 2.05) is 0 Å². The first-order valence-electron chi connectivity index (χ1n) is 9.19. The molecule has 9 heteroatoms. The largest absolute Gasteiger partial charge is 0.465 e. The quantitative estimate of drug-likeness (QED) is 0.621. The second-order valence-corrected chi connectivity index (χ2v) is 6.98. The number of hydrogen-bond acceptors (Lipinski definition) is 6. The van der Waals surface area contributed by atoms with Gasteiger partial charge in [-0.1, -0.05) is 23.7 Å². The van der Waals surface area contributed by atoms with Gasteiger partial charge in [0.15, 0.2) is 5.75 Å². The van der Waals surface area contributed by atoms with Gasteiger partial charge in [-0.25, -0.2) is 9.78 Å². The zero-order valence-corrected chi connectivity index (χ0v) is 17.1. The molecule has 0 bridgehead atoms. The van der Waals surface area contributed by atoms with E-state index in [1.54, 1.807) is 42.5 Å². The number of pyridine rings is 1. The number of anilines is 2. The number of benzene rings is 2. The van der Waals surface area contributed by atoms with Crippen LogP contribution < -0.4 is 15.0 Å². The zero-order valence-electron chi connectivity index (χ0n) is 16.3. The molecule has 3 aromatic rings. The van der Waals surface area contributed by atoms with E-state index < -0.39 is 17.8 Å². The van der Waals surface area contributed by atoms with Gasteiger partial charge in [-0.2, -0.15) is 0 Å². The zero-order chi connectivity index (χ0) is 22.0. The molecule has 2 heterocycles. The first kappa shape index (κ1) is 20.4. The molecule has 4 rings (SSSR count). The van der Waals surface area contributed by atoms with Gasteiger partial charge in [0, 0.05) is 11.2 Å². The number of esters is 1. The van der Waals surface area contributed by atoms with Gasteiger partial charge >= 0.3 is 5.97 Å². The minimum atomic E-state index is -0.590. The summed E-state index contributed by atoms with van der Waals surface area (Å²) in [7, 11) is 1.25. The molecule has 0 aliphatic carbocycles. The summed E-state index contributed by atoms with van der Waals surface area (Å²) < 4.78 is 10.5. The summed E-state index contributed by atoms with van der Waals surface area (Å²) in [5.41, 5.74) is 0.998. The number of ether oxygens (including phenoxy) is 2. The maximum absolute atomic E-state index is 13.2. The molecule has 1 aliphatic rings. The standard InChI is InChI=1S/C22H16ClN3O5/c1-30-22(29)14-5-2-3-7-16(14)25-19(27)12-26-17-11-13(23)8-9-18(17)31-20-15(21(26)28)6-4-10-24-20/h2-11H,12H2,1H3,(H,25,27). The summed E-state index contributed by atoms with van der Waals surface area (Å²) >= 11 is 6.13. The van der Waals surface area contributed by atoms with Crippen LogP contribution in [0.2, 0.25) is 5.02 Å². The molecule has 0 spiro atoms. The molecule has 0 saturated carbocycles. The lowest BCUT2D eigenvalue weighted by Gasteiger charge is -2.22. The Morgan fingerprint density at radius 1 is 1.16 bits per heavy atom. The molecule has 0 atom stereocenters. The molecule has 1 N–H and O–H groups in total. The third kappa shape index (κ3) is 4.06. The van der Waals surface area contributed by atoms with Gasteiger partial charge in [0.1, 0.15) is 12.1 Å². The topological polar surface area (TPSA) is 97.8 Å². The van der Waals surface area contributed by atoms with Crippen molar-refractivity contribution in [1.29, 1.82) is 0 Å². The fourth-order valence-electron chi connectivity index (χ4n) is 3.15. The Balaban J connectivity index is 1.68.